The monoisotopic (exact) mass is 510 g/mol. The second kappa shape index (κ2) is 10.1. The molecule has 180 valence electrons. The molecule has 0 radical (unpaired) electrons. The second-order valence-electron chi connectivity index (χ2n) is 7.15. The largest absolute Gasteiger partial charge is 0.430 e. The molecular formula is C21H20F6N2O2S2. The Kier molecular flexibility index (Phi) is 7.91. The fourth-order valence-electron chi connectivity index (χ4n) is 3.30. The van der Waals surface area contributed by atoms with Crippen LogP contribution < -0.4 is 4.90 Å². The number of alkyl halides is 6. The molecule has 1 aromatic heterocycles. The number of benzene rings is 1. The van der Waals surface area contributed by atoms with E-state index in [-0.39, 0.29) is 18.6 Å². The molecule has 2 N–H and O–H groups in total. The lowest BCUT2D eigenvalue weighted by Crippen LogP contribution is -2.54. The fourth-order valence-corrected chi connectivity index (χ4v) is 5.14. The molecule has 33 heavy (non-hydrogen) atoms. The first kappa shape index (κ1) is 25.7. The summed E-state index contributed by atoms with van der Waals surface area (Å²) >= 11 is 3.18. The predicted octanol–water partition coefficient (Wildman–Crippen LogP) is 4.62. The van der Waals surface area contributed by atoms with Gasteiger partial charge in [0.15, 0.2) is 0 Å². The number of anilines is 1. The van der Waals surface area contributed by atoms with Gasteiger partial charge in [0, 0.05) is 43.7 Å². The quantitative estimate of drug-likeness (QED) is 0.349. The number of hydrogen-bond acceptors (Lipinski definition) is 6. The molecule has 1 aliphatic heterocycles. The molecule has 3 rings (SSSR count). The number of piperazine rings is 1. The van der Waals surface area contributed by atoms with Gasteiger partial charge in [-0.15, -0.1) is 11.3 Å². The minimum absolute atomic E-state index is 0.00227. The summed E-state index contributed by atoms with van der Waals surface area (Å²) in [6, 6.07) is 6.32. The number of nitrogens with zero attached hydrogens (tertiary/aromatic N) is 2. The van der Waals surface area contributed by atoms with E-state index < -0.39 is 23.5 Å². The first-order chi connectivity index (χ1) is 15.5. The Morgan fingerprint density at radius 2 is 1.67 bits per heavy atom. The Hall–Kier alpha value is -1.91. The standard InChI is InChI=1S/C21H20F6N2O2S2/c22-20(23,24)19(31,21(25,26)27)16-6-7-17(15(14-16)4-1-2-12-30)28-8-10-29(11-9-28)33-18-5-3-13-32-18/h3,5-7,13-14,30-31H,2,8-12H2. The molecule has 0 atom stereocenters. The maximum absolute atomic E-state index is 13.3. The van der Waals surface area contributed by atoms with Gasteiger partial charge in [0.1, 0.15) is 0 Å². The first-order valence-electron chi connectivity index (χ1n) is 9.79. The zero-order valence-corrected chi connectivity index (χ0v) is 18.7. The van der Waals surface area contributed by atoms with E-state index in [4.69, 9.17) is 5.11 Å². The molecule has 4 nitrogen and oxygen atoms in total. The summed E-state index contributed by atoms with van der Waals surface area (Å²) in [7, 11) is 0. The molecular weight excluding hydrogens is 490 g/mol. The van der Waals surface area contributed by atoms with Crippen molar-refractivity contribution >= 4 is 29.0 Å². The van der Waals surface area contributed by atoms with Gasteiger partial charge in [-0.05, 0) is 35.5 Å². The third kappa shape index (κ3) is 5.60. The summed E-state index contributed by atoms with van der Waals surface area (Å²) in [6.07, 6.45) is -12.0. The van der Waals surface area contributed by atoms with Crippen LogP contribution in [0.15, 0.2) is 39.9 Å². The number of aliphatic hydroxyl groups excluding tert-OH is 1. The number of hydrogen-bond donors (Lipinski definition) is 2. The van der Waals surface area contributed by atoms with Crippen molar-refractivity contribution in [2.24, 2.45) is 0 Å². The molecule has 0 bridgehead atoms. The van der Waals surface area contributed by atoms with Crippen LogP contribution in [0.1, 0.15) is 17.5 Å². The molecule has 2 heterocycles. The summed E-state index contributed by atoms with van der Waals surface area (Å²) in [5.41, 5.74) is -6.09. The smallest absolute Gasteiger partial charge is 0.395 e. The third-order valence-corrected chi connectivity index (χ3v) is 7.10. The number of halogens is 6. The number of thiophene rings is 1. The van der Waals surface area contributed by atoms with E-state index in [0.717, 1.165) is 10.3 Å². The lowest BCUT2D eigenvalue weighted by molar-refractivity contribution is -0.376. The van der Waals surface area contributed by atoms with E-state index in [1.165, 1.54) is 0 Å². The molecule has 0 spiro atoms. The minimum Gasteiger partial charge on any atom is -0.395 e. The molecule has 0 aliphatic carbocycles. The van der Waals surface area contributed by atoms with Crippen LogP contribution in [0.4, 0.5) is 32.0 Å². The summed E-state index contributed by atoms with van der Waals surface area (Å²) < 4.78 is 83.2. The highest BCUT2D eigenvalue weighted by Crippen LogP contribution is 2.50. The summed E-state index contributed by atoms with van der Waals surface area (Å²) in [6.45, 7) is 1.88. The summed E-state index contributed by atoms with van der Waals surface area (Å²) in [5, 5.41) is 20.6. The van der Waals surface area contributed by atoms with Crippen LogP contribution in [0.25, 0.3) is 0 Å². The van der Waals surface area contributed by atoms with Gasteiger partial charge in [0.25, 0.3) is 5.60 Å². The Labute approximate surface area is 194 Å². The SMILES string of the molecule is OCCC#Cc1cc(C(O)(C(F)(F)F)C(F)(F)F)ccc1N1CCN(Sc2cccs2)CC1. The van der Waals surface area contributed by atoms with E-state index in [9.17, 15) is 31.4 Å². The number of rotatable bonds is 5. The van der Waals surface area contributed by atoms with Gasteiger partial charge in [0.05, 0.1) is 16.5 Å². The van der Waals surface area contributed by atoms with Gasteiger partial charge in [-0.1, -0.05) is 24.0 Å². The zero-order valence-electron chi connectivity index (χ0n) is 17.1. The highest BCUT2D eigenvalue weighted by Gasteiger charge is 2.71. The van der Waals surface area contributed by atoms with E-state index in [2.05, 4.69) is 16.1 Å². The molecule has 1 aliphatic rings. The minimum atomic E-state index is -5.98. The van der Waals surface area contributed by atoms with Crippen LogP contribution in [0.2, 0.25) is 0 Å². The van der Waals surface area contributed by atoms with Crippen LogP contribution in [0.5, 0.6) is 0 Å². The fraction of sp³-hybridized carbons (Fsp3) is 0.429. The highest BCUT2D eigenvalue weighted by molar-refractivity contribution is 7.98. The van der Waals surface area contributed by atoms with Gasteiger partial charge in [-0.25, -0.2) is 4.31 Å². The summed E-state index contributed by atoms with van der Waals surface area (Å²) in [4.78, 5) is 1.83. The van der Waals surface area contributed by atoms with Crippen molar-refractivity contribution in [3.8, 4) is 11.8 Å². The molecule has 0 unspecified atom stereocenters. The molecule has 0 amide bonds. The molecule has 12 heteroatoms. The summed E-state index contributed by atoms with van der Waals surface area (Å²) in [5.74, 6) is 5.10. The van der Waals surface area contributed by atoms with Crippen LogP contribution >= 0.6 is 23.3 Å². The van der Waals surface area contributed by atoms with Crippen molar-refractivity contribution in [3.05, 3.63) is 46.8 Å². The van der Waals surface area contributed by atoms with E-state index in [0.29, 0.717) is 44.0 Å². The van der Waals surface area contributed by atoms with Crippen molar-refractivity contribution in [2.45, 2.75) is 28.6 Å². The van der Waals surface area contributed by atoms with Gasteiger partial charge >= 0.3 is 12.4 Å². The van der Waals surface area contributed by atoms with E-state index in [1.807, 2.05) is 22.4 Å². The molecule has 2 aromatic rings. The Bertz CT molecular complexity index is 977. The van der Waals surface area contributed by atoms with E-state index in [1.54, 1.807) is 23.3 Å². The molecule has 1 saturated heterocycles. The average molecular weight is 511 g/mol. The van der Waals surface area contributed by atoms with E-state index >= 15 is 0 Å². The van der Waals surface area contributed by atoms with Gasteiger partial charge in [-0.2, -0.15) is 26.3 Å². The average Bonchev–Trinajstić information content (AvgIpc) is 3.25. The van der Waals surface area contributed by atoms with Gasteiger partial charge in [0.2, 0.25) is 0 Å². The van der Waals surface area contributed by atoms with Crippen molar-refractivity contribution in [1.29, 1.82) is 0 Å². The lowest BCUT2D eigenvalue weighted by Gasteiger charge is -2.36. The highest BCUT2D eigenvalue weighted by atomic mass is 32.2. The van der Waals surface area contributed by atoms with Crippen LogP contribution in [-0.2, 0) is 5.60 Å². The van der Waals surface area contributed by atoms with Gasteiger partial charge < -0.3 is 15.1 Å². The van der Waals surface area contributed by atoms with Crippen molar-refractivity contribution in [3.63, 3.8) is 0 Å². The first-order valence-corrected chi connectivity index (χ1v) is 11.4. The zero-order chi connectivity index (χ0) is 24.3. The molecule has 1 aromatic carbocycles. The Morgan fingerprint density at radius 3 is 2.21 bits per heavy atom. The van der Waals surface area contributed by atoms with Crippen LogP contribution in [0, 0.1) is 11.8 Å². The normalized spacial score (nSPS) is 15.9. The Balaban J connectivity index is 1.90. The number of aliphatic hydroxyl groups is 2. The second-order valence-corrected chi connectivity index (χ2v) is 9.50. The van der Waals surface area contributed by atoms with Crippen molar-refractivity contribution in [1.82, 2.24) is 4.31 Å². The van der Waals surface area contributed by atoms with Crippen molar-refractivity contribution < 1.29 is 36.6 Å². The Morgan fingerprint density at radius 1 is 1.00 bits per heavy atom. The predicted molar refractivity (Wildman–Crippen MR) is 115 cm³/mol. The maximum atomic E-state index is 13.3. The molecule has 0 saturated carbocycles. The van der Waals surface area contributed by atoms with Gasteiger partial charge in [-0.3, -0.25) is 0 Å². The third-order valence-electron chi connectivity index (χ3n) is 4.99. The molecule has 1 fully saturated rings. The van der Waals surface area contributed by atoms with Crippen LogP contribution in [0.3, 0.4) is 0 Å². The topological polar surface area (TPSA) is 46.9 Å². The van der Waals surface area contributed by atoms with Crippen molar-refractivity contribution in [2.75, 3.05) is 37.7 Å². The lowest BCUT2D eigenvalue weighted by atomic mass is 9.90. The van der Waals surface area contributed by atoms with Crippen LogP contribution in [-0.4, -0.2) is 59.7 Å². The maximum Gasteiger partial charge on any atom is 0.430 e.